The summed E-state index contributed by atoms with van der Waals surface area (Å²) in [5.74, 6) is -0.845. The number of ether oxygens (including phenoxy) is 1. The Morgan fingerprint density at radius 1 is 1.43 bits per heavy atom. The van der Waals surface area contributed by atoms with Crippen LogP contribution in [0.1, 0.15) is 33.6 Å². The van der Waals surface area contributed by atoms with Gasteiger partial charge in [-0.05, 0) is 39.5 Å². The van der Waals surface area contributed by atoms with Crippen LogP contribution in [0, 0.1) is 16.7 Å². The highest BCUT2D eigenvalue weighted by Crippen LogP contribution is 2.37. The van der Waals surface area contributed by atoms with Crippen molar-refractivity contribution in [3.05, 3.63) is 0 Å². The quantitative estimate of drug-likeness (QED) is 0.800. The first kappa shape index (κ1) is 16.2. The van der Waals surface area contributed by atoms with Crippen LogP contribution in [-0.4, -0.2) is 54.2 Å². The highest BCUT2D eigenvalue weighted by atomic mass is 16.5. The molecule has 2 heterocycles. The molecule has 0 spiro atoms. The lowest BCUT2D eigenvalue weighted by Gasteiger charge is -2.42. The Hall–Kier alpha value is -1.14. The lowest BCUT2D eigenvalue weighted by molar-refractivity contribution is -0.155. The normalized spacial score (nSPS) is 34.0. The van der Waals surface area contributed by atoms with E-state index in [9.17, 15) is 14.7 Å². The summed E-state index contributed by atoms with van der Waals surface area (Å²) in [5.41, 5.74) is 4.51. The number of nitrogens with zero attached hydrogens (tertiary/aromatic N) is 1. The molecular formula is C15H26N2O4. The molecule has 3 unspecified atom stereocenters. The number of amides is 1. The highest BCUT2D eigenvalue weighted by Gasteiger charge is 2.48. The second kappa shape index (κ2) is 5.57. The summed E-state index contributed by atoms with van der Waals surface area (Å²) in [6.45, 7) is 7.23. The largest absolute Gasteiger partial charge is 0.481 e. The SMILES string of the molecule is CC(C)(C(=O)O)C1CCCN(C(=O)C2(C)COCC2N)C1. The summed E-state index contributed by atoms with van der Waals surface area (Å²) in [4.78, 5) is 26.0. The fourth-order valence-electron chi connectivity index (χ4n) is 3.20. The minimum Gasteiger partial charge on any atom is -0.481 e. The molecule has 2 aliphatic rings. The molecule has 0 saturated carbocycles. The maximum atomic E-state index is 12.8. The van der Waals surface area contributed by atoms with Crippen LogP contribution in [0.25, 0.3) is 0 Å². The average Bonchev–Trinajstić information content (AvgIpc) is 2.79. The molecule has 6 nitrogen and oxygen atoms in total. The molecule has 0 aromatic rings. The molecule has 2 fully saturated rings. The predicted molar refractivity (Wildman–Crippen MR) is 77.6 cm³/mol. The number of carboxylic acid groups (broad SMARTS) is 1. The number of carboxylic acids is 1. The number of hydrogen-bond acceptors (Lipinski definition) is 4. The smallest absolute Gasteiger partial charge is 0.309 e. The topological polar surface area (TPSA) is 92.9 Å². The third-order valence-electron chi connectivity index (χ3n) is 5.29. The van der Waals surface area contributed by atoms with E-state index in [-0.39, 0.29) is 17.9 Å². The molecule has 0 aromatic heterocycles. The summed E-state index contributed by atoms with van der Waals surface area (Å²) < 4.78 is 5.35. The van der Waals surface area contributed by atoms with Crippen molar-refractivity contribution in [2.45, 2.75) is 39.7 Å². The van der Waals surface area contributed by atoms with Crippen LogP contribution >= 0.6 is 0 Å². The van der Waals surface area contributed by atoms with Crippen LogP contribution in [0.3, 0.4) is 0 Å². The fourth-order valence-corrected chi connectivity index (χ4v) is 3.20. The second-order valence-electron chi connectivity index (χ2n) is 7.16. The number of hydrogen-bond donors (Lipinski definition) is 2. The van der Waals surface area contributed by atoms with Crippen molar-refractivity contribution in [1.29, 1.82) is 0 Å². The maximum Gasteiger partial charge on any atom is 0.309 e. The minimum absolute atomic E-state index is 0.00149. The number of aliphatic carboxylic acids is 1. The Kier molecular flexibility index (Phi) is 4.31. The van der Waals surface area contributed by atoms with Crippen LogP contribution < -0.4 is 5.73 Å². The number of carbonyl (C=O) groups is 2. The summed E-state index contributed by atoms with van der Waals surface area (Å²) in [7, 11) is 0. The molecule has 0 radical (unpaired) electrons. The molecule has 2 rings (SSSR count). The van der Waals surface area contributed by atoms with Gasteiger partial charge in [0.1, 0.15) is 0 Å². The first-order valence-electron chi connectivity index (χ1n) is 7.55. The summed E-state index contributed by atoms with van der Waals surface area (Å²) in [6.07, 6.45) is 1.67. The Bertz CT molecular complexity index is 437. The third kappa shape index (κ3) is 2.79. The monoisotopic (exact) mass is 298 g/mol. The number of piperidine rings is 1. The fraction of sp³-hybridized carbons (Fsp3) is 0.867. The van der Waals surface area contributed by atoms with E-state index in [0.29, 0.717) is 26.3 Å². The molecular weight excluding hydrogens is 272 g/mol. The summed E-state index contributed by atoms with van der Waals surface area (Å²) >= 11 is 0. The van der Waals surface area contributed by atoms with Gasteiger partial charge in [0, 0.05) is 19.1 Å². The zero-order chi connectivity index (χ0) is 15.8. The Balaban J connectivity index is 2.11. The Morgan fingerprint density at radius 3 is 2.62 bits per heavy atom. The van der Waals surface area contributed by atoms with Crippen LogP contribution in [0.15, 0.2) is 0 Å². The van der Waals surface area contributed by atoms with Gasteiger partial charge in [-0.25, -0.2) is 0 Å². The van der Waals surface area contributed by atoms with E-state index in [1.807, 2.05) is 6.92 Å². The van der Waals surface area contributed by atoms with Gasteiger partial charge in [0.2, 0.25) is 5.91 Å². The first-order chi connectivity index (χ1) is 9.69. The van der Waals surface area contributed by atoms with Gasteiger partial charge in [-0.3, -0.25) is 9.59 Å². The van der Waals surface area contributed by atoms with Crippen molar-refractivity contribution in [3.63, 3.8) is 0 Å². The Morgan fingerprint density at radius 2 is 2.10 bits per heavy atom. The van der Waals surface area contributed by atoms with E-state index < -0.39 is 16.8 Å². The van der Waals surface area contributed by atoms with Crippen molar-refractivity contribution in [1.82, 2.24) is 4.90 Å². The molecule has 2 saturated heterocycles. The van der Waals surface area contributed by atoms with Gasteiger partial charge in [0.25, 0.3) is 0 Å². The van der Waals surface area contributed by atoms with E-state index in [1.165, 1.54) is 0 Å². The van der Waals surface area contributed by atoms with E-state index >= 15 is 0 Å². The van der Waals surface area contributed by atoms with Gasteiger partial charge >= 0.3 is 5.97 Å². The second-order valence-corrected chi connectivity index (χ2v) is 7.16. The third-order valence-corrected chi connectivity index (χ3v) is 5.29. The van der Waals surface area contributed by atoms with Gasteiger partial charge in [-0.15, -0.1) is 0 Å². The zero-order valence-corrected chi connectivity index (χ0v) is 13.1. The average molecular weight is 298 g/mol. The van der Waals surface area contributed by atoms with Gasteiger partial charge in [0.15, 0.2) is 0 Å². The number of carbonyl (C=O) groups excluding carboxylic acids is 1. The summed E-state index contributed by atoms with van der Waals surface area (Å²) in [5, 5.41) is 9.38. The van der Waals surface area contributed by atoms with Crippen molar-refractivity contribution in [3.8, 4) is 0 Å². The predicted octanol–water partition coefficient (Wildman–Crippen LogP) is 0.700. The van der Waals surface area contributed by atoms with Crippen molar-refractivity contribution in [2.24, 2.45) is 22.5 Å². The first-order valence-corrected chi connectivity index (χ1v) is 7.55. The molecule has 3 N–H and O–H groups in total. The summed E-state index contributed by atoms with van der Waals surface area (Å²) in [6, 6.07) is -0.294. The molecule has 1 amide bonds. The van der Waals surface area contributed by atoms with Crippen LogP contribution in [0.2, 0.25) is 0 Å². The standard InChI is InChI=1S/C15H26N2O4/c1-14(2,13(19)20)10-5-4-6-17(7-10)12(18)15(3)9-21-8-11(15)16/h10-11H,4-9,16H2,1-3H3,(H,19,20). The molecule has 0 aromatic carbocycles. The molecule has 120 valence electrons. The molecule has 21 heavy (non-hydrogen) atoms. The molecule has 6 heteroatoms. The number of nitrogens with two attached hydrogens (primary N) is 1. The molecule has 0 bridgehead atoms. The van der Waals surface area contributed by atoms with E-state index in [2.05, 4.69) is 0 Å². The lowest BCUT2D eigenvalue weighted by Crippen LogP contribution is -2.55. The van der Waals surface area contributed by atoms with E-state index in [0.717, 1.165) is 12.8 Å². The number of likely N-dealkylation sites (tertiary alicyclic amines) is 1. The Labute approximate surface area is 125 Å². The highest BCUT2D eigenvalue weighted by molar-refractivity contribution is 5.84. The number of rotatable bonds is 3. The van der Waals surface area contributed by atoms with Crippen molar-refractivity contribution < 1.29 is 19.4 Å². The van der Waals surface area contributed by atoms with Crippen LogP contribution in [-0.2, 0) is 14.3 Å². The maximum absolute atomic E-state index is 12.8. The van der Waals surface area contributed by atoms with E-state index in [4.69, 9.17) is 10.5 Å². The molecule has 0 aliphatic carbocycles. The van der Waals surface area contributed by atoms with Crippen molar-refractivity contribution >= 4 is 11.9 Å². The van der Waals surface area contributed by atoms with Gasteiger partial charge in [-0.2, -0.15) is 0 Å². The van der Waals surface area contributed by atoms with Crippen LogP contribution in [0.5, 0.6) is 0 Å². The van der Waals surface area contributed by atoms with E-state index in [1.54, 1.807) is 18.7 Å². The van der Waals surface area contributed by atoms with Gasteiger partial charge in [-0.1, -0.05) is 0 Å². The lowest BCUT2D eigenvalue weighted by atomic mass is 9.74. The van der Waals surface area contributed by atoms with Gasteiger partial charge in [0.05, 0.1) is 24.0 Å². The molecule has 3 atom stereocenters. The minimum atomic E-state index is -0.825. The van der Waals surface area contributed by atoms with Crippen LogP contribution in [0.4, 0.5) is 0 Å². The molecule has 2 aliphatic heterocycles. The zero-order valence-electron chi connectivity index (χ0n) is 13.1. The van der Waals surface area contributed by atoms with Gasteiger partial charge < -0.3 is 20.5 Å². The van der Waals surface area contributed by atoms with Crippen molar-refractivity contribution in [2.75, 3.05) is 26.3 Å².